The first-order valence-electron chi connectivity index (χ1n) is 8.83. The molecule has 0 saturated carbocycles. The highest BCUT2D eigenvalue weighted by molar-refractivity contribution is 6.08. The lowest BCUT2D eigenvalue weighted by molar-refractivity contribution is -0.124. The summed E-state index contributed by atoms with van der Waals surface area (Å²) in [5.74, 6) is -0.0733. The summed E-state index contributed by atoms with van der Waals surface area (Å²) < 4.78 is 3.19. The molecule has 7 nitrogen and oxygen atoms in total. The fourth-order valence-corrected chi connectivity index (χ4v) is 3.32. The van der Waals surface area contributed by atoms with E-state index in [0.717, 1.165) is 22.8 Å². The van der Waals surface area contributed by atoms with Gasteiger partial charge in [-0.2, -0.15) is 5.10 Å². The number of aromatic nitrogens is 3. The fraction of sp³-hybridized carbons (Fsp3) is 0.421. The smallest absolute Gasteiger partial charge is 0.291 e. The number of nitrogens with one attached hydrogen (secondary N) is 1. The number of hydrogen-bond donors (Lipinski definition) is 1. The van der Waals surface area contributed by atoms with Gasteiger partial charge < -0.3 is 14.8 Å². The molecule has 0 aliphatic rings. The molecule has 0 aliphatic carbocycles. The van der Waals surface area contributed by atoms with E-state index >= 15 is 0 Å². The van der Waals surface area contributed by atoms with Gasteiger partial charge >= 0.3 is 0 Å². The van der Waals surface area contributed by atoms with Crippen molar-refractivity contribution in [1.29, 1.82) is 0 Å². The van der Waals surface area contributed by atoms with E-state index in [1.165, 1.54) is 4.68 Å². The summed E-state index contributed by atoms with van der Waals surface area (Å²) in [5, 5.41) is 8.86. The van der Waals surface area contributed by atoms with Crippen molar-refractivity contribution in [1.82, 2.24) is 24.6 Å². The number of nitrogens with zero attached hydrogens (tertiary/aromatic N) is 4. The Morgan fingerprint density at radius 1 is 1.27 bits per heavy atom. The number of para-hydroxylation sites is 1. The number of likely N-dealkylation sites (N-methyl/N-ethyl adjacent to an activating group) is 1. The van der Waals surface area contributed by atoms with Gasteiger partial charge in [0.1, 0.15) is 11.6 Å². The SMILES string of the molecule is CC[C@H](C(=O)NCCN(C)C)n1c2ccccc2c2cnn(C)c(=O)c21. The van der Waals surface area contributed by atoms with Gasteiger partial charge in [-0.3, -0.25) is 9.59 Å². The predicted octanol–water partition coefficient (Wildman–Crippen LogP) is 1.52. The van der Waals surface area contributed by atoms with Gasteiger partial charge in [-0.05, 0) is 26.6 Å². The maximum atomic E-state index is 12.9. The highest BCUT2D eigenvalue weighted by Gasteiger charge is 2.25. The van der Waals surface area contributed by atoms with Crippen LogP contribution in [0.25, 0.3) is 21.8 Å². The van der Waals surface area contributed by atoms with Crippen molar-refractivity contribution in [2.75, 3.05) is 27.2 Å². The van der Waals surface area contributed by atoms with Crippen LogP contribution in [0.15, 0.2) is 35.3 Å². The molecular weight excluding hydrogens is 330 g/mol. The molecule has 3 rings (SSSR count). The molecular formula is C19H25N5O2. The van der Waals surface area contributed by atoms with E-state index < -0.39 is 6.04 Å². The Morgan fingerprint density at radius 2 is 2.00 bits per heavy atom. The van der Waals surface area contributed by atoms with Crippen molar-refractivity contribution in [3.63, 3.8) is 0 Å². The van der Waals surface area contributed by atoms with Gasteiger partial charge in [0.2, 0.25) is 5.91 Å². The van der Waals surface area contributed by atoms with Gasteiger partial charge in [0.25, 0.3) is 5.56 Å². The Labute approximate surface area is 152 Å². The van der Waals surface area contributed by atoms with E-state index in [4.69, 9.17) is 0 Å². The van der Waals surface area contributed by atoms with Crippen molar-refractivity contribution >= 4 is 27.7 Å². The molecule has 0 radical (unpaired) electrons. The maximum Gasteiger partial charge on any atom is 0.291 e. The molecule has 0 spiro atoms. The van der Waals surface area contributed by atoms with Crippen LogP contribution in [0.1, 0.15) is 19.4 Å². The second-order valence-corrected chi connectivity index (χ2v) is 6.74. The molecule has 0 bridgehead atoms. The Hall–Kier alpha value is -2.67. The van der Waals surface area contributed by atoms with E-state index in [1.807, 2.05) is 54.8 Å². The van der Waals surface area contributed by atoms with Crippen LogP contribution in [-0.2, 0) is 11.8 Å². The monoisotopic (exact) mass is 355 g/mol. The van der Waals surface area contributed by atoms with Crippen molar-refractivity contribution in [3.05, 3.63) is 40.8 Å². The summed E-state index contributed by atoms with van der Waals surface area (Å²) in [5.41, 5.74) is 1.21. The lowest BCUT2D eigenvalue weighted by Gasteiger charge is -2.20. The zero-order valence-corrected chi connectivity index (χ0v) is 15.7. The van der Waals surface area contributed by atoms with Crippen LogP contribution in [-0.4, -0.2) is 52.3 Å². The molecule has 0 fully saturated rings. The van der Waals surface area contributed by atoms with Crippen LogP contribution in [0.5, 0.6) is 0 Å². The Kier molecular flexibility index (Phi) is 5.08. The molecule has 0 unspecified atom stereocenters. The van der Waals surface area contributed by atoms with Crippen LogP contribution in [0.4, 0.5) is 0 Å². The molecule has 1 atom stereocenters. The largest absolute Gasteiger partial charge is 0.353 e. The number of fused-ring (bicyclic) bond motifs is 3. The van der Waals surface area contributed by atoms with Crippen molar-refractivity contribution in [3.8, 4) is 0 Å². The molecule has 0 saturated heterocycles. The molecule has 138 valence electrons. The number of hydrogen-bond acceptors (Lipinski definition) is 4. The molecule has 26 heavy (non-hydrogen) atoms. The standard InChI is InChI=1S/C19H25N5O2/c1-5-15(18(25)20-10-11-22(2)3)24-16-9-7-6-8-13(16)14-12-21-23(4)19(26)17(14)24/h6-9,12,15H,5,10-11H2,1-4H3,(H,20,25)/t15-/m1/s1. The van der Waals surface area contributed by atoms with E-state index in [-0.39, 0.29) is 11.5 Å². The molecule has 1 N–H and O–H groups in total. The predicted molar refractivity (Wildman–Crippen MR) is 103 cm³/mol. The minimum absolute atomic E-state index is 0.0733. The Balaban J connectivity index is 2.16. The number of aryl methyl sites for hydroxylation is 1. The lowest BCUT2D eigenvalue weighted by atomic mass is 10.2. The number of amides is 1. The highest BCUT2D eigenvalue weighted by atomic mass is 16.2. The summed E-state index contributed by atoms with van der Waals surface area (Å²) in [7, 11) is 5.56. The average molecular weight is 355 g/mol. The van der Waals surface area contributed by atoms with Gasteiger partial charge in [-0.15, -0.1) is 0 Å². The summed E-state index contributed by atoms with van der Waals surface area (Å²) in [6, 6.07) is 7.32. The second kappa shape index (κ2) is 7.29. The Morgan fingerprint density at radius 3 is 2.69 bits per heavy atom. The fourth-order valence-electron chi connectivity index (χ4n) is 3.32. The number of rotatable bonds is 6. The van der Waals surface area contributed by atoms with E-state index in [1.54, 1.807) is 13.2 Å². The average Bonchev–Trinajstić information content (AvgIpc) is 2.94. The van der Waals surface area contributed by atoms with Gasteiger partial charge in [0, 0.05) is 30.9 Å². The molecule has 0 aliphatic heterocycles. The third-order valence-corrected chi connectivity index (χ3v) is 4.67. The van der Waals surface area contributed by atoms with Crippen LogP contribution in [0.2, 0.25) is 0 Å². The minimum Gasteiger partial charge on any atom is -0.353 e. The molecule has 2 aromatic heterocycles. The van der Waals surface area contributed by atoms with Crippen LogP contribution < -0.4 is 10.9 Å². The van der Waals surface area contributed by atoms with E-state index in [0.29, 0.717) is 18.5 Å². The zero-order chi connectivity index (χ0) is 18.8. The zero-order valence-electron chi connectivity index (χ0n) is 15.7. The third-order valence-electron chi connectivity index (χ3n) is 4.67. The highest BCUT2D eigenvalue weighted by Crippen LogP contribution is 2.30. The number of benzene rings is 1. The van der Waals surface area contributed by atoms with Crippen LogP contribution >= 0.6 is 0 Å². The van der Waals surface area contributed by atoms with Gasteiger partial charge in [0.15, 0.2) is 0 Å². The topological polar surface area (TPSA) is 72.2 Å². The third kappa shape index (κ3) is 3.10. The maximum absolute atomic E-state index is 12.9. The van der Waals surface area contributed by atoms with Gasteiger partial charge in [-0.1, -0.05) is 25.1 Å². The first-order valence-corrected chi connectivity index (χ1v) is 8.83. The van der Waals surface area contributed by atoms with E-state index in [9.17, 15) is 9.59 Å². The summed E-state index contributed by atoms with van der Waals surface area (Å²) >= 11 is 0. The minimum atomic E-state index is -0.449. The first kappa shape index (κ1) is 18.1. The first-order chi connectivity index (χ1) is 12.5. The second-order valence-electron chi connectivity index (χ2n) is 6.74. The molecule has 7 heteroatoms. The lowest BCUT2D eigenvalue weighted by Crippen LogP contribution is -2.37. The number of carbonyl (C=O) groups is 1. The normalized spacial score (nSPS) is 12.8. The van der Waals surface area contributed by atoms with Gasteiger partial charge in [-0.25, -0.2) is 4.68 Å². The quantitative estimate of drug-likeness (QED) is 0.728. The molecule has 3 aromatic rings. The van der Waals surface area contributed by atoms with Crippen molar-refractivity contribution in [2.24, 2.45) is 7.05 Å². The summed E-state index contributed by atoms with van der Waals surface area (Å²) in [4.78, 5) is 27.7. The molecule has 1 aromatic carbocycles. The van der Waals surface area contributed by atoms with E-state index in [2.05, 4.69) is 10.4 Å². The van der Waals surface area contributed by atoms with Crippen molar-refractivity contribution < 1.29 is 4.79 Å². The summed E-state index contributed by atoms with van der Waals surface area (Å²) in [6.45, 7) is 3.29. The van der Waals surface area contributed by atoms with Crippen LogP contribution in [0, 0.1) is 0 Å². The molecule has 1 amide bonds. The van der Waals surface area contributed by atoms with Crippen LogP contribution in [0.3, 0.4) is 0 Å². The Bertz CT molecular complexity index is 1000. The van der Waals surface area contributed by atoms with Crippen molar-refractivity contribution in [2.45, 2.75) is 19.4 Å². The van der Waals surface area contributed by atoms with Gasteiger partial charge in [0.05, 0.1) is 11.7 Å². The molecule has 2 heterocycles. The number of carbonyl (C=O) groups excluding carboxylic acids is 1. The summed E-state index contributed by atoms with van der Waals surface area (Å²) in [6.07, 6.45) is 2.29.